The first kappa shape index (κ1) is 27.0. The van der Waals surface area contributed by atoms with Gasteiger partial charge < -0.3 is 19.1 Å². The molecule has 0 unspecified atom stereocenters. The molecule has 0 aliphatic rings. The normalized spacial score (nSPS) is 10.7. The molecule has 0 heterocycles. The SMILES string of the molecule is CCOC(=O)CCCN(CC)c1cc(OC)c(N=Nc2ccc([N+](=O)[O-])cc2[N+](=O)[O-])cc1OC. The number of benzene rings is 2. The quantitative estimate of drug-likeness (QED) is 0.161. The predicted octanol–water partition coefficient (Wildman–Crippen LogP) is 5.11. The number of carbonyl (C=O) groups is 1. The molecule has 13 nitrogen and oxygen atoms in total. The number of non-ortho nitro benzene ring substituents is 1. The summed E-state index contributed by atoms with van der Waals surface area (Å²) in [4.78, 5) is 34.4. The minimum Gasteiger partial charge on any atom is -0.494 e. The molecule has 0 amide bonds. The van der Waals surface area contributed by atoms with Gasteiger partial charge in [-0.25, -0.2) is 0 Å². The smallest absolute Gasteiger partial charge is 0.305 e. The maximum Gasteiger partial charge on any atom is 0.305 e. The lowest BCUT2D eigenvalue weighted by Gasteiger charge is -2.25. The number of hydrogen-bond donors (Lipinski definition) is 0. The number of nitro groups is 2. The first-order valence-electron chi connectivity index (χ1n) is 10.8. The van der Waals surface area contributed by atoms with Crippen LogP contribution >= 0.6 is 0 Å². The molecular formula is C22H27N5O8. The molecule has 188 valence electrons. The van der Waals surface area contributed by atoms with Gasteiger partial charge in [-0.2, -0.15) is 0 Å². The van der Waals surface area contributed by atoms with Gasteiger partial charge in [0, 0.05) is 37.7 Å². The van der Waals surface area contributed by atoms with Crippen LogP contribution in [-0.4, -0.2) is 49.7 Å². The molecule has 0 saturated heterocycles. The topological polar surface area (TPSA) is 159 Å². The lowest BCUT2D eigenvalue weighted by atomic mass is 10.2. The summed E-state index contributed by atoms with van der Waals surface area (Å²) in [5.74, 6) is 0.526. The van der Waals surface area contributed by atoms with Gasteiger partial charge in [-0.15, -0.1) is 10.2 Å². The summed E-state index contributed by atoms with van der Waals surface area (Å²) in [6.07, 6.45) is 0.855. The second-order valence-corrected chi connectivity index (χ2v) is 7.07. The Hall–Kier alpha value is -4.29. The van der Waals surface area contributed by atoms with Crippen molar-refractivity contribution in [1.29, 1.82) is 0 Å². The Morgan fingerprint density at radius 2 is 1.66 bits per heavy atom. The number of rotatable bonds is 13. The standard InChI is InChI=1S/C22H27N5O8/c1-5-25(11-7-8-22(28)35-6-2)19-14-20(33-3)17(13-21(19)34-4)24-23-16-10-9-15(26(29)30)12-18(16)27(31)32/h9-10,12-14H,5-8,11H2,1-4H3. The molecule has 2 aromatic carbocycles. The summed E-state index contributed by atoms with van der Waals surface area (Å²) < 4.78 is 15.9. The summed E-state index contributed by atoms with van der Waals surface area (Å²) in [6, 6.07) is 6.36. The van der Waals surface area contributed by atoms with E-state index in [1.807, 2.05) is 11.8 Å². The molecule has 0 N–H and O–H groups in total. The van der Waals surface area contributed by atoms with Gasteiger partial charge in [-0.3, -0.25) is 25.0 Å². The van der Waals surface area contributed by atoms with Gasteiger partial charge in [0.05, 0.1) is 42.4 Å². The van der Waals surface area contributed by atoms with Crippen molar-refractivity contribution in [3.63, 3.8) is 0 Å². The van der Waals surface area contributed by atoms with E-state index < -0.39 is 21.2 Å². The van der Waals surface area contributed by atoms with Crippen LogP contribution in [0.3, 0.4) is 0 Å². The molecule has 0 saturated carbocycles. The monoisotopic (exact) mass is 489 g/mol. The highest BCUT2D eigenvalue weighted by molar-refractivity contribution is 5.71. The first-order valence-corrected chi connectivity index (χ1v) is 10.8. The zero-order valence-electron chi connectivity index (χ0n) is 19.9. The molecule has 13 heteroatoms. The van der Waals surface area contributed by atoms with Crippen LogP contribution in [-0.2, 0) is 9.53 Å². The predicted molar refractivity (Wildman–Crippen MR) is 127 cm³/mol. The summed E-state index contributed by atoms with van der Waals surface area (Å²) in [6.45, 7) is 5.23. The van der Waals surface area contributed by atoms with Crippen molar-refractivity contribution in [1.82, 2.24) is 0 Å². The summed E-state index contributed by atoms with van der Waals surface area (Å²) in [5, 5.41) is 30.3. The maximum atomic E-state index is 11.6. The van der Waals surface area contributed by atoms with Gasteiger partial charge in [0.25, 0.3) is 5.69 Å². The van der Waals surface area contributed by atoms with E-state index in [2.05, 4.69) is 10.2 Å². The van der Waals surface area contributed by atoms with Crippen molar-refractivity contribution in [3.8, 4) is 11.5 Å². The molecule has 2 rings (SSSR count). The molecule has 0 aliphatic carbocycles. The highest BCUT2D eigenvalue weighted by Gasteiger charge is 2.20. The third-order valence-electron chi connectivity index (χ3n) is 4.95. The third-order valence-corrected chi connectivity index (χ3v) is 4.95. The van der Waals surface area contributed by atoms with E-state index in [1.165, 1.54) is 14.2 Å². The highest BCUT2D eigenvalue weighted by atomic mass is 16.6. The van der Waals surface area contributed by atoms with Gasteiger partial charge >= 0.3 is 11.7 Å². The zero-order valence-corrected chi connectivity index (χ0v) is 19.9. The number of nitrogens with zero attached hydrogens (tertiary/aromatic N) is 5. The fourth-order valence-corrected chi connectivity index (χ4v) is 3.25. The van der Waals surface area contributed by atoms with Crippen LogP contribution < -0.4 is 14.4 Å². The molecule has 0 atom stereocenters. The van der Waals surface area contributed by atoms with E-state index >= 15 is 0 Å². The molecule has 0 spiro atoms. The molecule has 0 fully saturated rings. The zero-order chi connectivity index (χ0) is 26.0. The molecule has 0 aliphatic heterocycles. The van der Waals surface area contributed by atoms with Gasteiger partial charge in [0.2, 0.25) is 0 Å². The average molecular weight is 489 g/mol. The number of esters is 1. The van der Waals surface area contributed by atoms with Crippen molar-refractivity contribution in [2.24, 2.45) is 10.2 Å². The van der Waals surface area contributed by atoms with Crippen molar-refractivity contribution in [2.45, 2.75) is 26.7 Å². The van der Waals surface area contributed by atoms with E-state index in [0.29, 0.717) is 43.3 Å². The second kappa shape index (κ2) is 12.8. The Morgan fingerprint density at radius 1 is 0.971 bits per heavy atom. The van der Waals surface area contributed by atoms with Gasteiger partial charge in [-0.1, -0.05) is 0 Å². The van der Waals surface area contributed by atoms with Gasteiger partial charge in [0.1, 0.15) is 17.2 Å². The number of carbonyl (C=O) groups excluding carboxylic acids is 1. The molecule has 0 aromatic heterocycles. The number of ether oxygens (including phenoxy) is 3. The summed E-state index contributed by atoms with van der Waals surface area (Å²) in [7, 11) is 2.93. The average Bonchev–Trinajstić information content (AvgIpc) is 2.84. The van der Waals surface area contributed by atoms with Crippen molar-refractivity contribution in [2.75, 3.05) is 38.8 Å². The lowest BCUT2D eigenvalue weighted by molar-refractivity contribution is -0.393. The Labute approximate surface area is 201 Å². The molecule has 2 aromatic rings. The summed E-state index contributed by atoms with van der Waals surface area (Å²) in [5.41, 5.74) is -0.190. The van der Waals surface area contributed by atoms with Crippen molar-refractivity contribution < 1.29 is 28.9 Å². The molecule has 35 heavy (non-hydrogen) atoms. The van der Waals surface area contributed by atoms with Crippen molar-refractivity contribution in [3.05, 3.63) is 50.6 Å². The van der Waals surface area contributed by atoms with Gasteiger partial charge in [-0.05, 0) is 26.3 Å². The molecule has 0 radical (unpaired) electrons. The van der Waals surface area contributed by atoms with E-state index in [1.54, 1.807) is 19.1 Å². The molecular weight excluding hydrogens is 462 g/mol. The molecule has 0 bridgehead atoms. The summed E-state index contributed by atoms with van der Waals surface area (Å²) >= 11 is 0. The second-order valence-electron chi connectivity index (χ2n) is 7.07. The maximum absolute atomic E-state index is 11.6. The number of anilines is 1. The first-order chi connectivity index (χ1) is 16.7. The Kier molecular flexibility index (Phi) is 9.87. The van der Waals surface area contributed by atoms with Crippen molar-refractivity contribution >= 4 is 34.4 Å². The van der Waals surface area contributed by atoms with E-state index in [0.717, 1.165) is 18.2 Å². The van der Waals surface area contributed by atoms with Gasteiger partial charge in [0.15, 0.2) is 5.69 Å². The van der Waals surface area contributed by atoms with Crippen LogP contribution in [0.15, 0.2) is 40.6 Å². The largest absolute Gasteiger partial charge is 0.494 e. The van der Waals surface area contributed by atoms with E-state index in [9.17, 15) is 25.0 Å². The van der Waals surface area contributed by atoms with Crippen LogP contribution in [0, 0.1) is 20.2 Å². The van der Waals surface area contributed by atoms with Crippen LogP contribution in [0.1, 0.15) is 26.7 Å². The Morgan fingerprint density at radius 3 is 2.23 bits per heavy atom. The number of azo groups is 1. The van der Waals surface area contributed by atoms with Crippen LogP contribution in [0.5, 0.6) is 11.5 Å². The highest BCUT2D eigenvalue weighted by Crippen LogP contribution is 2.41. The van der Waals surface area contributed by atoms with E-state index in [-0.39, 0.29) is 23.8 Å². The van der Waals surface area contributed by atoms with Crippen LogP contribution in [0.4, 0.5) is 28.4 Å². The third kappa shape index (κ3) is 7.09. The minimum atomic E-state index is -0.766. The number of methoxy groups -OCH3 is 2. The minimum absolute atomic E-state index is 0.153. The Balaban J connectivity index is 2.37. The number of hydrogen-bond acceptors (Lipinski definition) is 11. The fourth-order valence-electron chi connectivity index (χ4n) is 3.25. The number of nitro benzene ring substituents is 2. The van der Waals surface area contributed by atoms with E-state index in [4.69, 9.17) is 14.2 Å². The van der Waals surface area contributed by atoms with Crippen LogP contribution in [0.25, 0.3) is 0 Å². The lowest BCUT2D eigenvalue weighted by Crippen LogP contribution is -2.25. The Bertz CT molecular complexity index is 1110. The fraction of sp³-hybridized carbons (Fsp3) is 0.409. The van der Waals surface area contributed by atoms with Crippen LogP contribution in [0.2, 0.25) is 0 Å².